The summed E-state index contributed by atoms with van der Waals surface area (Å²) >= 11 is 3.83. The van der Waals surface area contributed by atoms with Gasteiger partial charge < -0.3 is 9.31 Å². The molecule has 5 heteroatoms. The topological polar surface area (TPSA) is 35.5 Å². The molecule has 3 aliphatic carbocycles. The second-order valence-corrected chi connectivity index (χ2v) is 28.6. The minimum absolute atomic E-state index is 0.0614. The molecule has 0 radical (unpaired) electrons. The average molecular weight is 1040 g/mol. The van der Waals surface area contributed by atoms with Gasteiger partial charge in [-0.1, -0.05) is 223 Å². The zero-order chi connectivity index (χ0) is 53.8. The molecule has 7 aromatic rings. The molecule has 0 unspecified atom stereocenters. The van der Waals surface area contributed by atoms with E-state index in [9.17, 15) is 0 Å². The van der Waals surface area contributed by atoms with Crippen LogP contribution in [0.2, 0.25) is 0 Å². The van der Waals surface area contributed by atoms with E-state index in [-0.39, 0.29) is 51.2 Å². The summed E-state index contributed by atoms with van der Waals surface area (Å²) < 4.78 is 13.8. The van der Waals surface area contributed by atoms with Crippen LogP contribution in [0.25, 0.3) is 66.1 Å². The van der Waals surface area contributed by atoms with Crippen molar-refractivity contribution in [1.29, 1.82) is 0 Å². The van der Waals surface area contributed by atoms with E-state index < -0.39 is 0 Å². The molecule has 7 aromatic carbocycles. The Hall–Kier alpha value is -5.33. The van der Waals surface area contributed by atoms with E-state index in [2.05, 4.69) is 263 Å². The predicted molar refractivity (Wildman–Crippen MR) is 321 cm³/mol. The highest BCUT2D eigenvalue weighted by atomic mass is 79.9. The Morgan fingerprint density at radius 3 is 1.26 bits per heavy atom. The van der Waals surface area contributed by atoms with Crippen LogP contribution in [-0.2, 0) is 41.2 Å². The van der Waals surface area contributed by atoms with E-state index in [4.69, 9.17) is 9.31 Å². The van der Waals surface area contributed by atoms with E-state index in [1.54, 1.807) is 0 Å². The molecular weight excluding hydrogens is 967 g/mol. The third kappa shape index (κ3) is 8.62. The summed E-state index contributed by atoms with van der Waals surface area (Å²) in [4.78, 5) is 15.2. The molecule has 1 fully saturated rings. The van der Waals surface area contributed by atoms with Gasteiger partial charge in [-0.2, -0.15) is 0 Å². The van der Waals surface area contributed by atoms with Crippen molar-refractivity contribution in [3.05, 3.63) is 170 Å². The number of rotatable bonds is 3. The molecule has 1 heterocycles. The fourth-order valence-corrected chi connectivity index (χ4v) is 11.7. The second-order valence-electron chi connectivity index (χ2n) is 27.8. The molecule has 0 saturated carbocycles. The number of carbonyl (C=O) groups is 1. The summed E-state index contributed by atoms with van der Waals surface area (Å²) in [6, 6.07) is 42.7. The zero-order valence-electron chi connectivity index (χ0n) is 47.6. The molecule has 0 atom stereocenters. The molecule has 0 bridgehead atoms. The van der Waals surface area contributed by atoms with Gasteiger partial charge in [0.05, 0.1) is 11.2 Å². The summed E-state index contributed by atoms with van der Waals surface area (Å²) in [6.45, 7) is 42.4. The maximum absolute atomic E-state index is 15.2. The molecule has 3 nitrogen and oxygen atoms in total. The van der Waals surface area contributed by atoms with Crippen molar-refractivity contribution in [3.8, 4) is 22.3 Å². The number of allylic oxidation sites excluding steroid dienone is 4. The van der Waals surface area contributed by atoms with Crippen LogP contribution in [0.4, 0.5) is 0 Å². The van der Waals surface area contributed by atoms with Crippen molar-refractivity contribution in [2.24, 2.45) is 0 Å². The third-order valence-electron chi connectivity index (χ3n) is 16.7. The number of benzene rings is 7. The Morgan fingerprint density at radius 1 is 0.392 bits per heavy atom. The number of halogens is 1. The summed E-state index contributed by atoms with van der Waals surface area (Å²) in [5.41, 5.74) is 20.1. The van der Waals surface area contributed by atoms with Gasteiger partial charge in [-0.15, -0.1) is 0 Å². The van der Waals surface area contributed by atoms with E-state index in [1.165, 1.54) is 71.6 Å². The minimum Gasteiger partial charge on any atom is -0.399 e. The number of Topliss-reactive ketones (excluding diaryl/α,β-unsaturated/α-hetero) is 1. The molecule has 4 aliphatic rings. The number of hydrogen-bond donors (Lipinski definition) is 0. The molecule has 74 heavy (non-hydrogen) atoms. The quantitative estimate of drug-likeness (QED) is 0.165. The molecule has 1 aliphatic heterocycles. The fraction of sp³-hybridized carbons (Fsp3) is 0.377. The van der Waals surface area contributed by atoms with Crippen molar-refractivity contribution in [3.63, 3.8) is 0 Å². The lowest BCUT2D eigenvalue weighted by atomic mass is 9.75. The lowest BCUT2D eigenvalue weighted by molar-refractivity contribution is -0.108. The van der Waals surface area contributed by atoms with Crippen molar-refractivity contribution < 1.29 is 14.1 Å². The van der Waals surface area contributed by atoms with E-state index in [1.807, 2.05) is 0 Å². The first-order chi connectivity index (χ1) is 34.2. The number of carbonyl (C=O) groups excluding carboxylic acids is 1. The van der Waals surface area contributed by atoms with Gasteiger partial charge >= 0.3 is 7.12 Å². The van der Waals surface area contributed by atoms with Crippen molar-refractivity contribution >= 4 is 78.1 Å². The van der Waals surface area contributed by atoms with Gasteiger partial charge in [0.1, 0.15) is 0 Å². The lowest BCUT2D eigenvalue weighted by Crippen LogP contribution is -2.41. The SMILES string of the molecule is CC(C)(C)c1cc(C2=C3C(=C(c4cc(C(C)(C)C)cc(C(C)(C)C)c4)C2=O)c2ccc(Br)c4cccc3c24)cc(C(C)(C)C)c1.CC(C)(C)c1ccc2c(c1)-c1ccc(B3OC(C)(C)C(C)(C)O3)c3cccc-2c13. The predicted octanol–water partition coefficient (Wildman–Crippen LogP) is 18.3. The molecule has 1 saturated heterocycles. The van der Waals surface area contributed by atoms with Gasteiger partial charge in [-0.05, 0) is 166 Å². The lowest BCUT2D eigenvalue weighted by Gasteiger charge is -2.32. The largest absolute Gasteiger partial charge is 0.495 e. The highest BCUT2D eigenvalue weighted by molar-refractivity contribution is 9.10. The molecule has 380 valence electrons. The van der Waals surface area contributed by atoms with Gasteiger partial charge in [0.25, 0.3) is 0 Å². The van der Waals surface area contributed by atoms with Gasteiger partial charge in [0.15, 0.2) is 5.78 Å². The Bertz CT molecular complexity index is 3410. The second kappa shape index (κ2) is 17.1. The van der Waals surface area contributed by atoms with Crippen molar-refractivity contribution in [2.45, 2.75) is 170 Å². The highest BCUT2D eigenvalue weighted by Gasteiger charge is 2.52. The Labute approximate surface area is 451 Å². The van der Waals surface area contributed by atoms with Crippen LogP contribution >= 0.6 is 15.9 Å². The maximum atomic E-state index is 15.2. The van der Waals surface area contributed by atoms with Gasteiger partial charge in [0.2, 0.25) is 0 Å². The number of ketones is 1. The summed E-state index contributed by atoms with van der Waals surface area (Å²) in [7, 11) is -0.349. The van der Waals surface area contributed by atoms with E-state index in [0.29, 0.717) is 0 Å². The maximum Gasteiger partial charge on any atom is 0.495 e. The Morgan fingerprint density at radius 2 is 0.784 bits per heavy atom. The average Bonchev–Trinajstić information content (AvgIpc) is 3.97. The molecule has 0 amide bonds. The molecular formula is C69H76BBrO3. The highest BCUT2D eigenvalue weighted by Crippen LogP contribution is 2.58. The van der Waals surface area contributed by atoms with Crippen molar-refractivity contribution in [1.82, 2.24) is 0 Å². The molecule has 11 rings (SSSR count). The first-order valence-corrected chi connectivity index (χ1v) is 27.6. The molecule has 0 N–H and O–H groups in total. The van der Waals surface area contributed by atoms with Crippen LogP contribution < -0.4 is 5.46 Å². The van der Waals surface area contributed by atoms with Crippen LogP contribution in [0, 0.1) is 0 Å². The van der Waals surface area contributed by atoms with Crippen LogP contribution in [-0.4, -0.2) is 24.1 Å². The number of hydrogen-bond acceptors (Lipinski definition) is 3. The van der Waals surface area contributed by atoms with E-state index in [0.717, 1.165) is 54.5 Å². The first kappa shape index (κ1) is 52.1. The Balaban J connectivity index is 0.000000185. The van der Waals surface area contributed by atoms with Crippen LogP contribution in [0.15, 0.2) is 120 Å². The molecule has 0 aromatic heterocycles. The van der Waals surface area contributed by atoms with Crippen LogP contribution in [0.5, 0.6) is 0 Å². The molecule has 0 spiro atoms. The van der Waals surface area contributed by atoms with Gasteiger partial charge in [-0.25, -0.2) is 0 Å². The normalized spacial score (nSPS) is 16.9. The summed E-state index contributed by atoms with van der Waals surface area (Å²) in [6.07, 6.45) is 0. The fourth-order valence-electron chi connectivity index (χ4n) is 11.3. The summed E-state index contributed by atoms with van der Waals surface area (Å²) in [5, 5.41) is 4.96. The first-order valence-electron chi connectivity index (χ1n) is 26.8. The standard InChI is InChI=1S/C43H47BrO.C26H29BO2/c1-40(2,3)26-18-24(19-27(22-26)41(4,5)6)34-37-31-15-13-14-30-33(44)17-16-32(36(30)31)38(37)35(39(34)45)25-20-28(42(7,8)9)23-29(21-25)43(10,11)12;1-24(2,3)16-11-12-17-18-9-8-10-20-22(14-13-19(23(18)20)21(17)15-16)27-28-25(4,5)26(6,7)29-27/h13-23H,1-12H3;8-15H,1-7H3. The van der Waals surface area contributed by atoms with Gasteiger partial charge in [-0.3, -0.25) is 4.79 Å². The van der Waals surface area contributed by atoms with Crippen LogP contribution in [0.3, 0.4) is 0 Å². The zero-order valence-corrected chi connectivity index (χ0v) is 49.2. The Kier molecular flexibility index (Phi) is 12.0. The van der Waals surface area contributed by atoms with Gasteiger partial charge in [0, 0.05) is 26.8 Å². The van der Waals surface area contributed by atoms with Crippen molar-refractivity contribution in [2.75, 3.05) is 0 Å². The smallest absolute Gasteiger partial charge is 0.399 e. The monoisotopic (exact) mass is 1040 g/mol. The van der Waals surface area contributed by atoms with Crippen LogP contribution in [0.1, 0.15) is 182 Å². The third-order valence-corrected chi connectivity index (χ3v) is 17.4. The van der Waals surface area contributed by atoms with E-state index >= 15 is 4.79 Å². The summed E-state index contributed by atoms with van der Waals surface area (Å²) in [5.74, 6) is 0.127. The number of fused-ring (bicyclic) bond motifs is 6. The minimum atomic E-state index is -0.349.